The molecular weight excluding hydrogens is 228 g/mol. The van der Waals surface area contributed by atoms with Crippen molar-refractivity contribution in [3.8, 4) is 11.6 Å². The van der Waals surface area contributed by atoms with Gasteiger partial charge in [-0.05, 0) is 6.07 Å². The minimum absolute atomic E-state index is 0.0118. The van der Waals surface area contributed by atoms with Crippen LogP contribution in [0.25, 0.3) is 0 Å². The predicted octanol–water partition coefficient (Wildman–Crippen LogP) is 2.01. The number of benzene rings is 1. The van der Waals surface area contributed by atoms with Crippen LogP contribution in [0.3, 0.4) is 0 Å². The van der Waals surface area contributed by atoms with E-state index in [1.165, 1.54) is 6.20 Å². The summed E-state index contributed by atoms with van der Waals surface area (Å²) < 4.78 is 31.1. The lowest BCUT2D eigenvalue weighted by Gasteiger charge is -2.07. The molecule has 0 amide bonds. The molecule has 0 saturated carbocycles. The monoisotopic (exact) mass is 237 g/mol. The van der Waals surface area contributed by atoms with Crippen LogP contribution in [-0.4, -0.2) is 10.2 Å². The SMILES string of the molecule is NCc1ccnnc1Oc1cc(F)cc(F)c1. The van der Waals surface area contributed by atoms with Crippen molar-refractivity contribution >= 4 is 0 Å². The lowest BCUT2D eigenvalue weighted by molar-refractivity contribution is 0.438. The fourth-order valence-corrected chi connectivity index (χ4v) is 1.28. The first-order chi connectivity index (χ1) is 8.19. The van der Waals surface area contributed by atoms with Crippen molar-refractivity contribution in [2.45, 2.75) is 6.54 Å². The molecule has 2 rings (SSSR count). The Morgan fingerprint density at radius 1 is 1.18 bits per heavy atom. The molecule has 6 heteroatoms. The van der Waals surface area contributed by atoms with Crippen LogP contribution in [0.1, 0.15) is 5.56 Å². The van der Waals surface area contributed by atoms with Crippen molar-refractivity contribution in [3.63, 3.8) is 0 Å². The second-order valence-electron chi connectivity index (χ2n) is 3.27. The van der Waals surface area contributed by atoms with Gasteiger partial charge in [-0.2, -0.15) is 5.10 Å². The van der Waals surface area contributed by atoms with Gasteiger partial charge in [0.2, 0.25) is 5.88 Å². The Bertz CT molecular complexity index is 514. The van der Waals surface area contributed by atoms with Crippen molar-refractivity contribution in [2.75, 3.05) is 0 Å². The van der Waals surface area contributed by atoms with E-state index in [4.69, 9.17) is 10.5 Å². The molecule has 1 aromatic heterocycles. The van der Waals surface area contributed by atoms with E-state index in [1.807, 2.05) is 0 Å². The summed E-state index contributed by atoms with van der Waals surface area (Å²) in [6, 6.07) is 4.49. The molecule has 0 aliphatic rings. The lowest BCUT2D eigenvalue weighted by atomic mass is 10.3. The summed E-state index contributed by atoms with van der Waals surface area (Å²) in [6.07, 6.45) is 1.46. The maximum Gasteiger partial charge on any atom is 0.243 e. The van der Waals surface area contributed by atoms with Crippen LogP contribution in [0.2, 0.25) is 0 Å². The zero-order chi connectivity index (χ0) is 12.3. The molecule has 0 atom stereocenters. The van der Waals surface area contributed by atoms with Crippen molar-refractivity contribution < 1.29 is 13.5 Å². The summed E-state index contributed by atoms with van der Waals surface area (Å²) in [5, 5.41) is 7.32. The molecule has 0 radical (unpaired) electrons. The van der Waals surface area contributed by atoms with Crippen molar-refractivity contribution in [2.24, 2.45) is 5.73 Å². The van der Waals surface area contributed by atoms with E-state index in [0.717, 1.165) is 18.2 Å². The molecule has 88 valence electrons. The first-order valence-corrected chi connectivity index (χ1v) is 4.83. The second-order valence-corrected chi connectivity index (χ2v) is 3.27. The molecule has 4 nitrogen and oxygen atoms in total. The van der Waals surface area contributed by atoms with Crippen molar-refractivity contribution in [1.82, 2.24) is 10.2 Å². The maximum atomic E-state index is 12.9. The Kier molecular flexibility index (Phi) is 3.24. The molecule has 1 heterocycles. The van der Waals surface area contributed by atoms with Crippen molar-refractivity contribution in [1.29, 1.82) is 0 Å². The van der Waals surface area contributed by atoms with Crippen LogP contribution < -0.4 is 10.5 Å². The first kappa shape index (κ1) is 11.4. The average Bonchev–Trinajstić information content (AvgIpc) is 2.28. The van der Waals surface area contributed by atoms with E-state index in [2.05, 4.69) is 10.2 Å². The molecule has 2 aromatic rings. The van der Waals surface area contributed by atoms with Gasteiger partial charge in [-0.1, -0.05) is 0 Å². The van der Waals surface area contributed by atoms with E-state index >= 15 is 0 Å². The van der Waals surface area contributed by atoms with E-state index in [-0.39, 0.29) is 18.2 Å². The Morgan fingerprint density at radius 2 is 1.88 bits per heavy atom. The molecule has 0 spiro atoms. The summed E-state index contributed by atoms with van der Waals surface area (Å²) in [5.41, 5.74) is 6.07. The quantitative estimate of drug-likeness (QED) is 0.886. The highest BCUT2D eigenvalue weighted by Gasteiger charge is 2.07. The number of rotatable bonds is 3. The van der Waals surface area contributed by atoms with Crippen LogP contribution >= 0.6 is 0 Å². The van der Waals surface area contributed by atoms with Crippen molar-refractivity contribution in [3.05, 3.63) is 47.7 Å². The standard InChI is InChI=1S/C11H9F2N3O/c12-8-3-9(13)5-10(4-8)17-11-7(6-14)1-2-15-16-11/h1-5H,6,14H2. The summed E-state index contributed by atoms with van der Waals surface area (Å²) in [4.78, 5) is 0. The van der Waals surface area contributed by atoms with Gasteiger partial charge in [-0.25, -0.2) is 8.78 Å². The number of aromatic nitrogens is 2. The zero-order valence-corrected chi connectivity index (χ0v) is 8.73. The van der Waals surface area contributed by atoms with Gasteiger partial charge in [0.05, 0.1) is 6.20 Å². The topological polar surface area (TPSA) is 61.0 Å². The zero-order valence-electron chi connectivity index (χ0n) is 8.73. The van der Waals surface area contributed by atoms with Gasteiger partial charge in [0.1, 0.15) is 17.4 Å². The Morgan fingerprint density at radius 3 is 2.53 bits per heavy atom. The van der Waals surface area contributed by atoms with Crippen LogP contribution in [0.5, 0.6) is 11.6 Å². The Hall–Kier alpha value is -2.08. The lowest BCUT2D eigenvalue weighted by Crippen LogP contribution is -2.02. The van der Waals surface area contributed by atoms with Crippen LogP contribution in [-0.2, 0) is 6.54 Å². The first-order valence-electron chi connectivity index (χ1n) is 4.83. The van der Waals surface area contributed by atoms with Gasteiger partial charge in [0.25, 0.3) is 0 Å². The molecule has 0 saturated heterocycles. The summed E-state index contributed by atoms with van der Waals surface area (Å²) in [6.45, 7) is 0.197. The predicted molar refractivity (Wildman–Crippen MR) is 56.4 cm³/mol. The van der Waals surface area contributed by atoms with E-state index in [9.17, 15) is 8.78 Å². The third kappa shape index (κ3) is 2.73. The average molecular weight is 237 g/mol. The maximum absolute atomic E-state index is 12.9. The molecule has 0 fully saturated rings. The van der Waals surface area contributed by atoms with Gasteiger partial charge < -0.3 is 10.5 Å². The molecule has 2 N–H and O–H groups in total. The number of nitrogens with zero attached hydrogens (tertiary/aromatic N) is 2. The second kappa shape index (κ2) is 4.84. The van der Waals surface area contributed by atoms with Crippen LogP contribution in [0, 0.1) is 11.6 Å². The van der Waals surface area contributed by atoms with E-state index in [1.54, 1.807) is 6.07 Å². The summed E-state index contributed by atoms with van der Waals surface area (Å²) >= 11 is 0. The minimum atomic E-state index is -0.724. The number of ether oxygens (including phenoxy) is 1. The molecule has 1 aromatic carbocycles. The van der Waals surface area contributed by atoms with Crippen LogP contribution in [0.4, 0.5) is 8.78 Å². The molecule has 0 aliphatic heterocycles. The van der Waals surface area contributed by atoms with Gasteiger partial charge in [-0.3, -0.25) is 0 Å². The largest absolute Gasteiger partial charge is 0.437 e. The van der Waals surface area contributed by atoms with Gasteiger partial charge in [0, 0.05) is 30.3 Å². The summed E-state index contributed by atoms with van der Waals surface area (Å²) in [5.74, 6) is -1.30. The highest BCUT2D eigenvalue weighted by Crippen LogP contribution is 2.23. The van der Waals surface area contributed by atoms with Gasteiger partial charge in [0.15, 0.2) is 0 Å². The highest BCUT2D eigenvalue weighted by molar-refractivity contribution is 5.31. The fourth-order valence-electron chi connectivity index (χ4n) is 1.28. The smallest absolute Gasteiger partial charge is 0.243 e. The van der Waals surface area contributed by atoms with Gasteiger partial charge in [-0.15, -0.1) is 5.10 Å². The normalized spacial score (nSPS) is 10.3. The number of hydrogen-bond acceptors (Lipinski definition) is 4. The molecular formula is C11H9F2N3O. The molecule has 17 heavy (non-hydrogen) atoms. The number of halogens is 2. The van der Waals surface area contributed by atoms with Crippen LogP contribution in [0.15, 0.2) is 30.5 Å². The van der Waals surface area contributed by atoms with Gasteiger partial charge >= 0.3 is 0 Å². The molecule has 0 bridgehead atoms. The molecule has 0 aliphatic carbocycles. The Labute approximate surface area is 96.0 Å². The number of nitrogens with two attached hydrogens (primary N) is 1. The van der Waals surface area contributed by atoms with E-state index in [0.29, 0.717) is 5.56 Å². The summed E-state index contributed by atoms with van der Waals surface area (Å²) in [7, 11) is 0. The Balaban J connectivity index is 2.31. The highest BCUT2D eigenvalue weighted by atomic mass is 19.1. The minimum Gasteiger partial charge on any atom is -0.437 e. The number of hydrogen-bond donors (Lipinski definition) is 1. The molecule has 0 unspecified atom stereocenters. The third-order valence-corrected chi connectivity index (χ3v) is 2.04. The van der Waals surface area contributed by atoms with E-state index < -0.39 is 11.6 Å². The fraction of sp³-hybridized carbons (Fsp3) is 0.0909. The third-order valence-electron chi connectivity index (χ3n) is 2.04.